The van der Waals surface area contributed by atoms with Gasteiger partial charge in [0.1, 0.15) is 5.70 Å². The fraction of sp³-hybridized carbons (Fsp3) is 0.542. The zero-order chi connectivity index (χ0) is 23.3. The largest absolute Gasteiger partial charge is 0.393 e. The molecule has 0 saturated carbocycles. The van der Waals surface area contributed by atoms with Crippen molar-refractivity contribution in [3.63, 3.8) is 0 Å². The number of hydrogen-bond acceptors (Lipinski definition) is 6. The van der Waals surface area contributed by atoms with Crippen molar-refractivity contribution in [2.75, 3.05) is 33.4 Å². The van der Waals surface area contributed by atoms with E-state index in [1.807, 2.05) is 49.1 Å². The van der Waals surface area contributed by atoms with E-state index in [9.17, 15) is 14.7 Å². The van der Waals surface area contributed by atoms with Gasteiger partial charge in [-0.2, -0.15) is 0 Å². The van der Waals surface area contributed by atoms with Crippen molar-refractivity contribution in [3.8, 4) is 0 Å². The Kier molecular flexibility index (Phi) is 7.56. The number of hydrogen-bond donors (Lipinski definition) is 3. The number of allylic oxidation sites excluding steroid dienone is 1. The first-order valence-electron chi connectivity index (χ1n) is 11.3. The number of rotatable bonds is 7. The maximum absolute atomic E-state index is 12.9. The van der Waals surface area contributed by atoms with E-state index in [4.69, 9.17) is 5.73 Å². The number of benzene rings is 1. The monoisotopic (exact) mass is 441 g/mol. The molecular weight excluding hydrogens is 406 g/mol. The summed E-state index contributed by atoms with van der Waals surface area (Å²) in [5.74, 6) is -0.0628. The fourth-order valence-electron chi connectivity index (χ4n) is 4.37. The van der Waals surface area contributed by atoms with Crippen molar-refractivity contribution in [3.05, 3.63) is 47.3 Å². The van der Waals surface area contributed by atoms with Crippen LogP contribution in [-0.4, -0.2) is 71.4 Å². The molecule has 2 aliphatic heterocycles. The third kappa shape index (κ3) is 5.48. The highest BCUT2D eigenvalue weighted by molar-refractivity contribution is 6.08. The third-order valence-electron chi connectivity index (χ3n) is 6.28. The molecule has 2 amide bonds. The van der Waals surface area contributed by atoms with Crippen LogP contribution in [0, 0.1) is 5.92 Å². The quantitative estimate of drug-likeness (QED) is 0.552. The highest BCUT2D eigenvalue weighted by Gasteiger charge is 2.38. The van der Waals surface area contributed by atoms with Crippen LogP contribution >= 0.6 is 0 Å². The zero-order valence-corrected chi connectivity index (χ0v) is 19.3. The van der Waals surface area contributed by atoms with Gasteiger partial charge in [-0.3, -0.25) is 14.6 Å². The summed E-state index contributed by atoms with van der Waals surface area (Å²) in [5.41, 5.74) is 7.70. The summed E-state index contributed by atoms with van der Waals surface area (Å²) in [6.07, 6.45) is 2.02. The second-order valence-corrected chi connectivity index (χ2v) is 8.98. The van der Waals surface area contributed by atoms with Crippen LogP contribution in [0.25, 0.3) is 0 Å². The second-order valence-electron chi connectivity index (χ2n) is 8.98. The van der Waals surface area contributed by atoms with Gasteiger partial charge in [-0.05, 0) is 30.7 Å². The molecule has 2 aliphatic rings. The molecule has 8 nitrogen and oxygen atoms in total. The minimum Gasteiger partial charge on any atom is -0.393 e. The predicted octanol–water partition coefficient (Wildman–Crippen LogP) is 1.26. The Hall–Kier alpha value is -2.87. The molecule has 4 N–H and O–H groups in total. The summed E-state index contributed by atoms with van der Waals surface area (Å²) >= 11 is 0. The average Bonchev–Trinajstić information content (AvgIpc) is 2.78. The van der Waals surface area contributed by atoms with Gasteiger partial charge in [-0.15, -0.1) is 0 Å². The van der Waals surface area contributed by atoms with E-state index in [2.05, 4.69) is 10.3 Å². The number of likely N-dealkylation sites (tertiary alicyclic amines) is 1. The van der Waals surface area contributed by atoms with Crippen LogP contribution in [0.3, 0.4) is 0 Å². The van der Waals surface area contributed by atoms with E-state index in [1.54, 1.807) is 11.9 Å². The first kappa shape index (κ1) is 23.8. The molecule has 0 bridgehead atoms. The molecule has 1 fully saturated rings. The highest BCUT2D eigenvalue weighted by atomic mass is 16.3. The Balaban J connectivity index is 1.54. The number of nitrogens with two attached hydrogens (primary N) is 1. The van der Waals surface area contributed by atoms with Crippen LogP contribution in [0.15, 0.2) is 46.7 Å². The lowest BCUT2D eigenvalue weighted by Gasteiger charge is -2.42. The van der Waals surface area contributed by atoms with Crippen molar-refractivity contribution in [2.24, 2.45) is 16.6 Å². The van der Waals surface area contributed by atoms with Crippen LogP contribution in [0.1, 0.15) is 38.7 Å². The lowest BCUT2D eigenvalue weighted by Crippen LogP contribution is -2.57. The van der Waals surface area contributed by atoms with Crippen LogP contribution < -0.4 is 11.1 Å². The summed E-state index contributed by atoms with van der Waals surface area (Å²) in [4.78, 5) is 33.1. The molecule has 8 heteroatoms. The molecule has 0 aliphatic carbocycles. The summed E-state index contributed by atoms with van der Waals surface area (Å²) in [7, 11) is 1.69. The Morgan fingerprint density at radius 3 is 2.50 bits per heavy atom. The van der Waals surface area contributed by atoms with E-state index >= 15 is 0 Å². The van der Waals surface area contributed by atoms with E-state index in [1.165, 1.54) is 0 Å². The van der Waals surface area contributed by atoms with Gasteiger partial charge in [0, 0.05) is 26.6 Å². The Labute approximate surface area is 190 Å². The number of nitrogens with zero attached hydrogens (tertiary/aromatic N) is 3. The maximum Gasteiger partial charge on any atom is 0.273 e. The third-order valence-corrected chi connectivity index (χ3v) is 6.28. The minimum atomic E-state index is -1.04. The maximum atomic E-state index is 12.9. The molecule has 32 heavy (non-hydrogen) atoms. The normalized spacial score (nSPS) is 19.4. The van der Waals surface area contributed by atoms with Crippen LogP contribution in [0.2, 0.25) is 0 Å². The molecule has 174 valence electrons. The molecule has 1 aromatic carbocycles. The molecule has 1 saturated heterocycles. The van der Waals surface area contributed by atoms with Crippen LogP contribution in [-0.2, 0) is 16.0 Å². The van der Waals surface area contributed by atoms with Crippen molar-refractivity contribution in [1.29, 1.82) is 0 Å². The van der Waals surface area contributed by atoms with Gasteiger partial charge in [0.25, 0.3) is 5.91 Å². The van der Waals surface area contributed by atoms with Crippen molar-refractivity contribution in [1.82, 2.24) is 15.1 Å². The van der Waals surface area contributed by atoms with Gasteiger partial charge < -0.3 is 26.0 Å². The SMILES string of the molecule is CN=C(C1=C(N)C(=O)N(CC2(O)CCN(C(=O)CCc3ccccc3)CC2)CN1)C(C)C. The van der Waals surface area contributed by atoms with Gasteiger partial charge in [0.2, 0.25) is 5.91 Å². The smallest absolute Gasteiger partial charge is 0.273 e. The Morgan fingerprint density at radius 2 is 1.91 bits per heavy atom. The number of β-amino-alcohol motifs (C(OH)–C–C–N with tert-alkyl or cyclic N) is 1. The predicted molar refractivity (Wildman–Crippen MR) is 125 cm³/mol. The van der Waals surface area contributed by atoms with E-state index < -0.39 is 5.60 Å². The number of piperidine rings is 1. The summed E-state index contributed by atoms with van der Waals surface area (Å²) in [6, 6.07) is 9.95. The fourth-order valence-corrected chi connectivity index (χ4v) is 4.37. The first-order valence-corrected chi connectivity index (χ1v) is 11.3. The molecule has 0 atom stereocenters. The number of nitrogens with one attached hydrogen (secondary N) is 1. The molecular formula is C24H35N5O3. The van der Waals surface area contributed by atoms with Crippen LogP contribution in [0.5, 0.6) is 0 Å². The summed E-state index contributed by atoms with van der Waals surface area (Å²) in [6.45, 7) is 5.41. The van der Waals surface area contributed by atoms with Gasteiger partial charge in [-0.25, -0.2) is 0 Å². The van der Waals surface area contributed by atoms with Crippen molar-refractivity contribution in [2.45, 2.75) is 45.1 Å². The Morgan fingerprint density at radius 1 is 1.25 bits per heavy atom. The topological polar surface area (TPSA) is 111 Å². The van der Waals surface area contributed by atoms with Gasteiger partial charge in [-0.1, -0.05) is 44.2 Å². The van der Waals surface area contributed by atoms with E-state index in [-0.39, 0.29) is 36.6 Å². The lowest BCUT2D eigenvalue weighted by atomic mass is 9.90. The summed E-state index contributed by atoms with van der Waals surface area (Å²) in [5, 5.41) is 14.3. The summed E-state index contributed by atoms with van der Waals surface area (Å²) < 4.78 is 0. The zero-order valence-electron chi connectivity index (χ0n) is 19.3. The second kappa shape index (κ2) is 10.2. The molecule has 1 aromatic rings. The molecule has 3 rings (SSSR count). The molecule has 2 heterocycles. The van der Waals surface area contributed by atoms with Gasteiger partial charge in [0.15, 0.2) is 0 Å². The molecule has 0 aromatic heterocycles. The Bertz CT molecular complexity index is 886. The number of aryl methyl sites for hydroxylation is 1. The number of carbonyl (C=O) groups is 2. The number of carbonyl (C=O) groups excluding carboxylic acids is 2. The van der Waals surface area contributed by atoms with Crippen molar-refractivity contribution >= 4 is 17.5 Å². The minimum absolute atomic E-state index is 0.100. The van der Waals surface area contributed by atoms with E-state index in [0.717, 1.165) is 11.3 Å². The molecule has 0 unspecified atom stereocenters. The van der Waals surface area contributed by atoms with Crippen LogP contribution in [0.4, 0.5) is 0 Å². The number of aliphatic hydroxyl groups is 1. The average molecular weight is 442 g/mol. The molecule has 0 spiro atoms. The van der Waals surface area contributed by atoms with E-state index in [0.29, 0.717) is 44.5 Å². The highest BCUT2D eigenvalue weighted by Crippen LogP contribution is 2.25. The number of aliphatic imine (C=N–C) groups is 1. The van der Waals surface area contributed by atoms with Crippen molar-refractivity contribution < 1.29 is 14.7 Å². The molecule has 0 radical (unpaired) electrons. The number of amides is 2. The first-order chi connectivity index (χ1) is 15.2. The van der Waals surface area contributed by atoms with Gasteiger partial charge in [0.05, 0.1) is 30.2 Å². The standard InChI is InChI=1S/C24H35N5O3/c1-17(2)21(26-3)22-20(25)23(31)29(16-27-22)15-24(32)11-13-28(14-12-24)19(30)10-9-18-7-5-4-6-8-18/h4-8,17,27,32H,9-16,25H2,1-3H3. The lowest BCUT2D eigenvalue weighted by molar-refractivity contribution is -0.140. The van der Waals surface area contributed by atoms with Gasteiger partial charge >= 0.3 is 0 Å².